The van der Waals surface area contributed by atoms with Gasteiger partial charge in [-0.05, 0) is 19.3 Å². The predicted molar refractivity (Wildman–Crippen MR) is 91.5 cm³/mol. The monoisotopic (exact) mass is 356 g/mol. The molecule has 0 radical (unpaired) electrons. The largest absolute Gasteiger partial charge is 0.341 e. The summed E-state index contributed by atoms with van der Waals surface area (Å²) in [6.07, 6.45) is 6.71. The van der Waals surface area contributed by atoms with Crippen LogP contribution >= 0.6 is 0 Å². The maximum atomic E-state index is 12.8. The highest BCUT2D eigenvalue weighted by atomic mass is 16.2. The standard InChI is InChI=1S/C18H24N6O2/c1-2-4-18(5-3-6-18)16(26)23-11-17(12-23)9-22(10-17)15(25)8-24-13-20-14(7-19)21-24/h13H,2-6,8-12H2,1H3. The van der Waals surface area contributed by atoms with Gasteiger partial charge in [-0.3, -0.25) is 9.59 Å². The second-order valence-corrected chi connectivity index (χ2v) is 8.17. The fourth-order valence-electron chi connectivity index (χ4n) is 4.70. The van der Waals surface area contributed by atoms with Gasteiger partial charge in [-0.25, -0.2) is 9.67 Å². The SMILES string of the molecule is CCCC1(C(=O)N2CC3(CN(C(=O)Cn4cnc(C#N)n4)C3)C2)CCC1. The van der Waals surface area contributed by atoms with Gasteiger partial charge < -0.3 is 9.80 Å². The lowest BCUT2D eigenvalue weighted by Gasteiger charge is -2.61. The van der Waals surface area contributed by atoms with Gasteiger partial charge in [0.1, 0.15) is 18.9 Å². The predicted octanol–water partition coefficient (Wildman–Crippen LogP) is 0.791. The minimum Gasteiger partial charge on any atom is -0.341 e. The van der Waals surface area contributed by atoms with E-state index in [0.29, 0.717) is 19.0 Å². The van der Waals surface area contributed by atoms with Crippen molar-refractivity contribution < 1.29 is 9.59 Å². The molecule has 0 atom stereocenters. The molecular formula is C18H24N6O2. The van der Waals surface area contributed by atoms with Crippen molar-refractivity contribution in [3.05, 3.63) is 12.2 Å². The number of hydrogen-bond donors (Lipinski definition) is 0. The third-order valence-corrected chi connectivity index (χ3v) is 6.17. The Hall–Kier alpha value is -2.43. The third kappa shape index (κ3) is 2.66. The number of nitriles is 1. The molecule has 0 aromatic carbocycles. The van der Waals surface area contributed by atoms with Crippen molar-refractivity contribution >= 4 is 11.8 Å². The first kappa shape index (κ1) is 17.0. The highest BCUT2D eigenvalue weighted by Crippen LogP contribution is 2.49. The molecule has 3 fully saturated rings. The Kier molecular flexibility index (Phi) is 3.98. The molecule has 138 valence electrons. The van der Waals surface area contributed by atoms with Gasteiger partial charge in [0.05, 0.1) is 0 Å². The van der Waals surface area contributed by atoms with Crippen LogP contribution in [0.5, 0.6) is 0 Å². The van der Waals surface area contributed by atoms with Crippen LogP contribution in [-0.4, -0.2) is 62.6 Å². The van der Waals surface area contributed by atoms with Gasteiger partial charge in [-0.1, -0.05) is 19.8 Å². The topological polar surface area (TPSA) is 95.1 Å². The van der Waals surface area contributed by atoms with E-state index in [1.807, 2.05) is 11.0 Å². The van der Waals surface area contributed by atoms with Crippen LogP contribution in [0.25, 0.3) is 0 Å². The van der Waals surface area contributed by atoms with E-state index >= 15 is 0 Å². The number of carbonyl (C=O) groups excluding carboxylic acids is 2. The number of likely N-dealkylation sites (tertiary alicyclic amines) is 2. The summed E-state index contributed by atoms with van der Waals surface area (Å²) in [5.41, 5.74) is 0.0177. The Balaban J connectivity index is 1.26. The van der Waals surface area contributed by atoms with Crippen molar-refractivity contribution in [1.82, 2.24) is 24.6 Å². The van der Waals surface area contributed by atoms with Gasteiger partial charge in [0, 0.05) is 37.0 Å². The summed E-state index contributed by atoms with van der Waals surface area (Å²) in [5.74, 6) is 0.395. The van der Waals surface area contributed by atoms with Crippen molar-refractivity contribution in [2.24, 2.45) is 10.8 Å². The fourth-order valence-corrected chi connectivity index (χ4v) is 4.70. The molecule has 26 heavy (non-hydrogen) atoms. The molecule has 3 heterocycles. The van der Waals surface area contributed by atoms with Crippen LogP contribution in [-0.2, 0) is 16.1 Å². The molecule has 2 aliphatic heterocycles. The maximum absolute atomic E-state index is 12.8. The Morgan fingerprint density at radius 3 is 2.46 bits per heavy atom. The quantitative estimate of drug-likeness (QED) is 0.777. The molecular weight excluding hydrogens is 332 g/mol. The molecule has 1 aromatic heterocycles. The lowest BCUT2D eigenvalue weighted by molar-refractivity contribution is -0.179. The zero-order valence-corrected chi connectivity index (χ0v) is 15.1. The van der Waals surface area contributed by atoms with Crippen molar-refractivity contribution in [3.63, 3.8) is 0 Å². The van der Waals surface area contributed by atoms with Crippen LogP contribution in [0.3, 0.4) is 0 Å². The average Bonchev–Trinajstić information content (AvgIpc) is 2.95. The van der Waals surface area contributed by atoms with Crippen LogP contribution in [0, 0.1) is 22.2 Å². The molecule has 0 unspecified atom stereocenters. The van der Waals surface area contributed by atoms with Crippen LogP contribution in [0.4, 0.5) is 0 Å². The second kappa shape index (κ2) is 6.08. The summed E-state index contributed by atoms with van der Waals surface area (Å²) in [4.78, 5) is 32.8. The lowest BCUT2D eigenvalue weighted by atomic mass is 9.63. The van der Waals surface area contributed by atoms with E-state index in [4.69, 9.17) is 5.26 Å². The molecule has 1 aromatic rings. The van der Waals surface area contributed by atoms with Gasteiger partial charge >= 0.3 is 0 Å². The highest BCUT2D eigenvalue weighted by molar-refractivity contribution is 5.85. The molecule has 1 spiro atoms. The highest BCUT2D eigenvalue weighted by Gasteiger charge is 2.57. The summed E-state index contributed by atoms with van der Waals surface area (Å²) in [7, 11) is 0. The van der Waals surface area contributed by atoms with E-state index in [0.717, 1.165) is 38.8 Å². The third-order valence-electron chi connectivity index (χ3n) is 6.17. The van der Waals surface area contributed by atoms with E-state index < -0.39 is 0 Å². The van der Waals surface area contributed by atoms with Gasteiger partial charge in [-0.15, -0.1) is 5.10 Å². The van der Waals surface area contributed by atoms with Crippen LogP contribution in [0.1, 0.15) is 44.9 Å². The molecule has 3 aliphatic rings. The number of amides is 2. The Morgan fingerprint density at radius 2 is 1.92 bits per heavy atom. The molecule has 0 N–H and O–H groups in total. The molecule has 4 rings (SSSR count). The number of rotatable bonds is 5. The maximum Gasteiger partial charge on any atom is 0.252 e. The lowest BCUT2D eigenvalue weighted by Crippen LogP contribution is -2.75. The van der Waals surface area contributed by atoms with E-state index in [1.54, 1.807) is 4.90 Å². The molecule has 1 saturated carbocycles. The Morgan fingerprint density at radius 1 is 1.23 bits per heavy atom. The minimum absolute atomic E-state index is 0.0174. The summed E-state index contributed by atoms with van der Waals surface area (Å²) in [6.45, 7) is 5.22. The molecule has 2 saturated heterocycles. The zero-order valence-electron chi connectivity index (χ0n) is 15.1. The average molecular weight is 356 g/mol. The van der Waals surface area contributed by atoms with Crippen molar-refractivity contribution in [3.8, 4) is 6.07 Å². The van der Waals surface area contributed by atoms with E-state index in [9.17, 15) is 9.59 Å². The summed E-state index contributed by atoms with van der Waals surface area (Å²) < 4.78 is 1.40. The van der Waals surface area contributed by atoms with Crippen LogP contribution < -0.4 is 0 Å². The molecule has 8 heteroatoms. The van der Waals surface area contributed by atoms with Crippen molar-refractivity contribution in [2.45, 2.75) is 45.6 Å². The summed E-state index contributed by atoms with van der Waals surface area (Å²) >= 11 is 0. The first-order valence-electron chi connectivity index (χ1n) is 9.36. The van der Waals surface area contributed by atoms with Crippen LogP contribution in [0.2, 0.25) is 0 Å². The molecule has 2 amide bonds. The second-order valence-electron chi connectivity index (χ2n) is 8.17. The van der Waals surface area contributed by atoms with Gasteiger partial charge in [0.2, 0.25) is 11.8 Å². The first-order chi connectivity index (χ1) is 12.5. The summed E-state index contributed by atoms with van der Waals surface area (Å²) in [5, 5.41) is 12.6. The van der Waals surface area contributed by atoms with Crippen LogP contribution in [0.15, 0.2) is 6.33 Å². The molecule has 1 aliphatic carbocycles. The zero-order chi connectivity index (χ0) is 18.4. The van der Waals surface area contributed by atoms with E-state index in [2.05, 4.69) is 17.0 Å². The minimum atomic E-state index is -0.0822. The molecule has 8 nitrogen and oxygen atoms in total. The summed E-state index contributed by atoms with van der Waals surface area (Å²) in [6, 6.07) is 1.85. The Bertz CT molecular complexity index is 761. The Labute approximate surface area is 152 Å². The van der Waals surface area contributed by atoms with E-state index in [-0.39, 0.29) is 29.1 Å². The van der Waals surface area contributed by atoms with Crippen molar-refractivity contribution in [2.75, 3.05) is 26.2 Å². The van der Waals surface area contributed by atoms with Gasteiger partial charge in [0.25, 0.3) is 5.82 Å². The normalized spacial score (nSPS) is 22.2. The fraction of sp³-hybridized carbons (Fsp3) is 0.722. The van der Waals surface area contributed by atoms with Crippen molar-refractivity contribution in [1.29, 1.82) is 5.26 Å². The van der Waals surface area contributed by atoms with Gasteiger partial charge in [0.15, 0.2) is 0 Å². The number of hydrogen-bond acceptors (Lipinski definition) is 5. The van der Waals surface area contributed by atoms with E-state index in [1.165, 1.54) is 17.4 Å². The smallest absolute Gasteiger partial charge is 0.252 e. The number of aromatic nitrogens is 3. The number of carbonyl (C=O) groups is 2. The molecule has 0 bridgehead atoms. The van der Waals surface area contributed by atoms with Gasteiger partial charge in [-0.2, -0.15) is 5.26 Å². The number of nitrogens with zero attached hydrogens (tertiary/aromatic N) is 6. The first-order valence-corrected chi connectivity index (χ1v) is 9.36.